The first kappa shape index (κ1) is 14.8. The van der Waals surface area contributed by atoms with Gasteiger partial charge in [0.15, 0.2) is 0 Å². The Morgan fingerprint density at radius 1 is 1.38 bits per heavy atom. The zero-order valence-corrected chi connectivity index (χ0v) is 13.7. The highest BCUT2D eigenvalue weighted by molar-refractivity contribution is 9.10. The molecule has 0 unspecified atom stereocenters. The number of benzene rings is 1. The number of aromatic nitrogens is 2. The van der Waals surface area contributed by atoms with Crippen molar-refractivity contribution < 1.29 is 4.39 Å². The molecule has 0 atom stereocenters. The Kier molecular flexibility index (Phi) is 4.17. The molecule has 4 nitrogen and oxygen atoms in total. The summed E-state index contributed by atoms with van der Waals surface area (Å²) in [7, 11) is 0. The van der Waals surface area contributed by atoms with Crippen LogP contribution in [0.25, 0.3) is 11.0 Å². The number of imidazole rings is 1. The number of piperidine rings is 1. The predicted octanol–water partition coefficient (Wildman–Crippen LogP) is 3.25. The summed E-state index contributed by atoms with van der Waals surface area (Å²) in [4.78, 5) is 6.81. The maximum Gasteiger partial charge on any atom is 0.201 e. The summed E-state index contributed by atoms with van der Waals surface area (Å²) in [5.41, 5.74) is 7.55. The van der Waals surface area contributed by atoms with Crippen molar-refractivity contribution >= 4 is 32.9 Å². The molecule has 1 aromatic carbocycles. The van der Waals surface area contributed by atoms with Gasteiger partial charge in [-0.15, -0.1) is 0 Å². The quantitative estimate of drug-likeness (QED) is 0.920. The third-order valence-corrected chi connectivity index (χ3v) is 5.02. The van der Waals surface area contributed by atoms with E-state index in [0.29, 0.717) is 16.3 Å². The molecule has 1 aliphatic rings. The Hall–Kier alpha value is -1.14. The minimum atomic E-state index is -0.274. The van der Waals surface area contributed by atoms with E-state index in [2.05, 4.69) is 32.7 Å². The van der Waals surface area contributed by atoms with Gasteiger partial charge in [0.05, 0.1) is 15.5 Å². The van der Waals surface area contributed by atoms with Gasteiger partial charge in [-0.25, -0.2) is 9.37 Å². The van der Waals surface area contributed by atoms with Crippen LogP contribution in [0.3, 0.4) is 0 Å². The van der Waals surface area contributed by atoms with Crippen LogP contribution < -0.4 is 5.73 Å². The summed E-state index contributed by atoms with van der Waals surface area (Å²) in [5, 5.41) is 0. The van der Waals surface area contributed by atoms with Gasteiger partial charge in [0.1, 0.15) is 5.82 Å². The van der Waals surface area contributed by atoms with Crippen LogP contribution in [0.5, 0.6) is 0 Å². The summed E-state index contributed by atoms with van der Waals surface area (Å²) in [6, 6.07) is 3.21. The highest BCUT2D eigenvalue weighted by atomic mass is 79.9. The molecule has 2 aromatic rings. The molecular weight excluding hydrogens is 335 g/mol. The molecule has 1 saturated heterocycles. The summed E-state index contributed by atoms with van der Waals surface area (Å²) in [6.45, 7) is 6.40. The first-order chi connectivity index (χ1) is 10.1. The molecule has 0 saturated carbocycles. The van der Waals surface area contributed by atoms with Gasteiger partial charge in [0.2, 0.25) is 5.95 Å². The van der Waals surface area contributed by atoms with Gasteiger partial charge in [-0.05, 0) is 60.4 Å². The summed E-state index contributed by atoms with van der Waals surface area (Å²) < 4.78 is 16.2. The molecule has 0 bridgehead atoms. The second kappa shape index (κ2) is 5.93. The lowest BCUT2D eigenvalue weighted by molar-refractivity contribution is 0.182. The zero-order valence-electron chi connectivity index (χ0n) is 12.1. The van der Waals surface area contributed by atoms with Crippen LogP contribution >= 0.6 is 15.9 Å². The van der Waals surface area contributed by atoms with Gasteiger partial charge in [-0.2, -0.15) is 0 Å². The summed E-state index contributed by atoms with van der Waals surface area (Å²) in [5.74, 6) is 0.782. The number of halogens is 2. The van der Waals surface area contributed by atoms with E-state index in [9.17, 15) is 4.39 Å². The molecule has 2 heterocycles. The molecule has 21 heavy (non-hydrogen) atoms. The Balaban J connectivity index is 1.84. The molecule has 6 heteroatoms. The van der Waals surface area contributed by atoms with Crippen LogP contribution in [0.4, 0.5) is 10.3 Å². The third kappa shape index (κ3) is 2.92. The van der Waals surface area contributed by atoms with Gasteiger partial charge in [0.25, 0.3) is 0 Å². The number of rotatable bonds is 3. The molecule has 0 spiro atoms. The second-order valence-electron chi connectivity index (χ2n) is 5.71. The number of anilines is 1. The number of hydrogen-bond donors (Lipinski definition) is 1. The largest absolute Gasteiger partial charge is 0.369 e. The monoisotopic (exact) mass is 354 g/mol. The van der Waals surface area contributed by atoms with Gasteiger partial charge >= 0.3 is 0 Å². The van der Waals surface area contributed by atoms with Crippen LogP contribution in [0, 0.1) is 11.7 Å². The SMILES string of the molecule is CCN1CCC(Cn2c(N)nc3cc(Br)c(F)cc32)CC1. The molecule has 3 rings (SSSR count). The lowest BCUT2D eigenvalue weighted by Gasteiger charge is -2.31. The maximum absolute atomic E-state index is 13.8. The van der Waals surface area contributed by atoms with E-state index >= 15 is 0 Å². The standard InChI is InChI=1S/C15H20BrFN4/c1-2-20-5-3-10(4-6-20)9-21-14-8-12(17)11(16)7-13(14)19-15(21)18/h7-8,10H,2-6,9H2,1H3,(H2,18,19). The van der Waals surface area contributed by atoms with Gasteiger partial charge in [-0.1, -0.05) is 6.92 Å². The Bertz CT molecular complexity index is 647. The molecule has 0 amide bonds. The van der Waals surface area contributed by atoms with E-state index < -0.39 is 0 Å². The fraction of sp³-hybridized carbons (Fsp3) is 0.533. The van der Waals surface area contributed by atoms with E-state index in [-0.39, 0.29) is 5.82 Å². The first-order valence-corrected chi connectivity index (χ1v) is 8.21. The topological polar surface area (TPSA) is 47.1 Å². The van der Waals surface area contributed by atoms with Crippen molar-refractivity contribution in [3.8, 4) is 0 Å². The van der Waals surface area contributed by atoms with Crippen LogP contribution in [0.2, 0.25) is 0 Å². The third-order valence-electron chi connectivity index (χ3n) is 4.41. The number of likely N-dealkylation sites (tertiary alicyclic amines) is 1. The highest BCUT2D eigenvalue weighted by Gasteiger charge is 2.21. The molecule has 0 radical (unpaired) electrons. The molecule has 1 aliphatic heterocycles. The fourth-order valence-electron chi connectivity index (χ4n) is 3.07. The van der Waals surface area contributed by atoms with Crippen molar-refractivity contribution in [2.45, 2.75) is 26.3 Å². The number of nitrogens with two attached hydrogens (primary N) is 1. The first-order valence-electron chi connectivity index (χ1n) is 7.41. The molecular formula is C15H20BrFN4. The predicted molar refractivity (Wildman–Crippen MR) is 86.6 cm³/mol. The Morgan fingerprint density at radius 2 is 2.10 bits per heavy atom. The van der Waals surface area contributed by atoms with Crippen LogP contribution in [-0.2, 0) is 6.54 Å². The number of fused-ring (bicyclic) bond motifs is 1. The van der Waals surface area contributed by atoms with Crippen molar-refractivity contribution in [3.63, 3.8) is 0 Å². The lowest BCUT2D eigenvalue weighted by atomic mass is 9.96. The van der Waals surface area contributed by atoms with Crippen LogP contribution in [0.1, 0.15) is 19.8 Å². The van der Waals surface area contributed by atoms with Crippen molar-refractivity contribution in [2.24, 2.45) is 5.92 Å². The summed E-state index contributed by atoms with van der Waals surface area (Å²) in [6.07, 6.45) is 2.32. The normalized spacial score (nSPS) is 17.7. The average Bonchev–Trinajstić information content (AvgIpc) is 2.76. The fourth-order valence-corrected chi connectivity index (χ4v) is 3.41. The average molecular weight is 355 g/mol. The van der Waals surface area contributed by atoms with Crippen molar-refractivity contribution in [3.05, 3.63) is 22.4 Å². The molecule has 1 aromatic heterocycles. The van der Waals surface area contributed by atoms with E-state index in [4.69, 9.17) is 5.73 Å². The minimum Gasteiger partial charge on any atom is -0.369 e. The number of nitrogens with zero attached hydrogens (tertiary/aromatic N) is 3. The van der Waals surface area contributed by atoms with Crippen LogP contribution in [0.15, 0.2) is 16.6 Å². The molecule has 2 N–H and O–H groups in total. The Labute approximate surface area is 132 Å². The van der Waals surface area contributed by atoms with Crippen molar-refractivity contribution in [1.29, 1.82) is 0 Å². The summed E-state index contributed by atoms with van der Waals surface area (Å²) >= 11 is 3.19. The van der Waals surface area contributed by atoms with Gasteiger partial charge in [0, 0.05) is 12.6 Å². The molecule has 0 aliphatic carbocycles. The smallest absolute Gasteiger partial charge is 0.201 e. The van der Waals surface area contributed by atoms with Gasteiger partial charge < -0.3 is 15.2 Å². The number of hydrogen-bond acceptors (Lipinski definition) is 3. The van der Waals surface area contributed by atoms with E-state index in [1.165, 1.54) is 6.07 Å². The Morgan fingerprint density at radius 3 is 2.76 bits per heavy atom. The van der Waals surface area contributed by atoms with E-state index in [0.717, 1.165) is 50.1 Å². The zero-order chi connectivity index (χ0) is 15.0. The van der Waals surface area contributed by atoms with E-state index in [1.54, 1.807) is 6.07 Å². The maximum atomic E-state index is 13.8. The second-order valence-corrected chi connectivity index (χ2v) is 6.57. The highest BCUT2D eigenvalue weighted by Crippen LogP contribution is 2.27. The minimum absolute atomic E-state index is 0.274. The lowest BCUT2D eigenvalue weighted by Crippen LogP contribution is -2.34. The van der Waals surface area contributed by atoms with E-state index in [1.807, 2.05) is 4.57 Å². The van der Waals surface area contributed by atoms with Crippen molar-refractivity contribution in [1.82, 2.24) is 14.5 Å². The van der Waals surface area contributed by atoms with Crippen LogP contribution in [-0.4, -0.2) is 34.1 Å². The molecule has 114 valence electrons. The van der Waals surface area contributed by atoms with Crippen molar-refractivity contribution in [2.75, 3.05) is 25.4 Å². The van der Waals surface area contributed by atoms with Gasteiger partial charge in [-0.3, -0.25) is 0 Å². The molecule has 1 fully saturated rings. The number of nitrogen functional groups attached to an aromatic ring is 1.